The predicted octanol–water partition coefficient (Wildman–Crippen LogP) is 1.32. The predicted molar refractivity (Wildman–Crippen MR) is 103 cm³/mol. The van der Waals surface area contributed by atoms with Gasteiger partial charge in [-0.15, -0.1) is 0 Å². The minimum Gasteiger partial charge on any atom is -0.497 e. The maximum atomic E-state index is 13.3. The first-order chi connectivity index (χ1) is 12.9. The molecule has 0 spiro atoms. The number of piperazine rings is 1. The topological polar surface area (TPSA) is 70.2 Å². The van der Waals surface area contributed by atoms with Crippen LogP contribution in [-0.2, 0) is 14.8 Å². The van der Waals surface area contributed by atoms with Crippen molar-refractivity contribution >= 4 is 15.9 Å². The molecule has 2 aliphatic heterocycles. The second kappa shape index (κ2) is 8.16. The van der Waals surface area contributed by atoms with Gasteiger partial charge in [0.1, 0.15) is 11.8 Å². The van der Waals surface area contributed by atoms with Gasteiger partial charge in [0.2, 0.25) is 15.9 Å². The summed E-state index contributed by atoms with van der Waals surface area (Å²) in [7, 11) is -2.24. The highest BCUT2D eigenvalue weighted by Crippen LogP contribution is 2.31. The molecule has 1 aromatic rings. The van der Waals surface area contributed by atoms with Crippen LogP contribution in [0.5, 0.6) is 5.75 Å². The zero-order valence-corrected chi connectivity index (χ0v) is 17.2. The number of likely N-dealkylation sites (N-methyl/N-ethyl adjacent to an activating group) is 1. The second-order valence-electron chi connectivity index (χ2n) is 7.16. The molecule has 2 saturated heterocycles. The van der Waals surface area contributed by atoms with Crippen molar-refractivity contribution in [2.45, 2.75) is 37.6 Å². The van der Waals surface area contributed by atoms with E-state index in [4.69, 9.17) is 4.74 Å². The number of sulfonamides is 1. The van der Waals surface area contributed by atoms with E-state index in [0.717, 1.165) is 19.6 Å². The van der Waals surface area contributed by atoms with Gasteiger partial charge in [0, 0.05) is 38.8 Å². The Labute approximate surface area is 161 Å². The van der Waals surface area contributed by atoms with E-state index in [2.05, 4.69) is 11.8 Å². The lowest BCUT2D eigenvalue weighted by molar-refractivity contribution is -0.136. The van der Waals surface area contributed by atoms with E-state index >= 15 is 0 Å². The quantitative estimate of drug-likeness (QED) is 0.752. The molecule has 2 fully saturated rings. The van der Waals surface area contributed by atoms with Crippen LogP contribution in [0, 0.1) is 6.92 Å². The van der Waals surface area contributed by atoms with Crippen molar-refractivity contribution in [2.75, 3.05) is 46.4 Å². The lowest BCUT2D eigenvalue weighted by Gasteiger charge is -2.36. The van der Waals surface area contributed by atoms with E-state index in [1.807, 2.05) is 4.90 Å². The van der Waals surface area contributed by atoms with Crippen molar-refractivity contribution in [3.8, 4) is 5.75 Å². The highest BCUT2D eigenvalue weighted by Gasteiger charge is 2.42. The normalized spacial score (nSPS) is 22.2. The van der Waals surface area contributed by atoms with Gasteiger partial charge in [-0.3, -0.25) is 4.79 Å². The van der Waals surface area contributed by atoms with Crippen LogP contribution in [0.15, 0.2) is 23.1 Å². The molecule has 27 heavy (non-hydrogen) atoms. The number of rotatable bonds is 5. The highest BCUT2D eigenvalue weighted by atomic mass is 32.2. The van der Waals surface area contributed by atoms with Gasteiger partial charge < -0.3 is 14.5 Å². The van der Waals surface area contributed by atoms with E-state index < -0.39 is 16.1 Å². The Morgan fingerprint density at radius 1 is 1.19 bits per heavy atom. The Kier molecular flexibility index (Phi) is 6.08. The third-order valence-electron chi connectivity index (χ3n) is 5.60. The first kappa shape index (κ1) is 20.1. The number of amides is 1. The number of methoxy groups -OCH3 is 1. The summed E-state index contributed by atoms with van der Waals surface area (Å²) in [5.74, 6) is 0.435. The fraction of sp³-hybridized carbons (Fsp3) is 0.632. The Balaban J connectivity index is 1.82. The summed E-state index contributed by atoms with van der Waals surface area (Å²) in [4.78, 5) is 17.4. The molecule has 3 rings (SSSR count). The molecule has 8 heteroatoms. The molecule has 2 heterocycles. The van der Waals surface area contributed by atoms with Gasteiger partial charge in [0.15, 0.2) is 0 Å². The first-order valence-electron chi connectivity index (χ1n) is 9.56. The maximum absolute atomic E-state index is 13.3. The molecule has 0 radical (unpaired) electrons. The first-order valence-corrected chi connectivity index (χ1v) is 11.0. The van der Waals surface area contributed by atoms with Crippen LogP contribution in [0.3, 0.4) is 0 Å². The SMILES string of the molecule is CCN1CCN(C(=O)C2CCCN2S(=O)(=O)c2cc(OC)ccc2C)CC1. The minimum absolute atomic E-state index is 0.0626. The summed E-state index contributed by atoms with van der Waals surface area (Å²) in [5.41, 5.74) is 0.658. The standard InChI is InChI=1S/C19H29N3O4S/c1-4-20-10-12-21(13-11-20)19(23)17-6-5-9-22(17)27(24,25)18-14-16(26-3)8-7-15(18)2/h7-8,14,17H,4-6,9-13H2,1-3H3. The highest BCUT2D eigenvalue weighted by molar-refractivity contribution is 7.89. The van der Waals surface area contributed by atoms with Gasteiger partial charge in [-0.05, 0) is 37.9 Å². The van der Waals surface area contributed by atoms with Gasteiger partial charge in [0.25, 0.3) is 0 Å². The van der Waals surface area contributed by atoms with Gasteiger partial charge in [-0.1, -0.05) is 13.0 Å². The van der Waals surface area contributed by atoms with E-state index in [1.54, 1.807) is 25.1 Å². The summed E-state index contributed by atoms with van der Waals surface area (Å²) >= 11 is 0. The summed E-state index contributed by atoms with van der Waals surface area (Å²) in [6.45, 7) is 8.24. The molecule has 0 aliphatic carbocycles. The molecular weight excluding hydrogens is 366 g/mol. The van der Waals surface area contributed by atoms with E-state index in [9.17, 15) is 13.2 Å². The fourth-order valence-corrected chi connectivity index (χ4v) is 5.77. The smallest absolute Gasteiger partial charge is 0.244 e. The molecule has 0 N–H and O–H groups in total. The number of carbonyl (C=O) groups is 1. The summed E-state index contributed by atoms with van der Waals surface area (Å²) in [5, 5.41) is 0. The number of hydrogen-bond acceptors (Lipinski definition) is 5. The van der Waals surface area contributed by atoms with Crippen molar-refractivity contribution in [1.82, 2.24) is 14.1 Å². The molecule has 1 atom stereocenters. The number of ether oxygens (including phenoxy) is 1. The van der Waals surface area contributed by atoms with Gasteiger partial charge in [0.05, 0.1) is 12.0 Å². The van der Waals surface area contributed by atoms with Crippen molar-refractivity contribution < 1.29 is 17.9 Å². The average Bonchev–Trinajstić information content (AvgIpc) is 3.18. The van der Waals surface area contributed by atoms with Crippen LogP contribution < -0.4 is 4.74 Å². The number of nitrogens with zero attached hydrogens (tertiary/aromatic N) is 3. The summed E-state index contributed by atoms with van der Waals surface area (Å²) < 4.78 is 33.2. The van der Waals surface area contributed by atoms with E-state index in [0.29, 0.717) is 43.8 Å². The molecular formula is C19H29N3O4S. The van der Waals surface area contributed by atoms with E-state index in [1.165, 1.54) is 11.4 Å². The Bertz CT molecular complexity index is 788. The monoisotopic (exact) mass is 395 g/mol. The van der Waals surface area contributed by atoms with E-state index in [-0.39, 0.29) is 10.8 Å². The van der Waals surface area contributed by atoms with Crippen molar-refractivity contribution in [1.29, 1.82) is 0 Å². The third kappa shape index (κ3) is 3.97. The minimum atomic E-state index is -3.75. The third-order valence-corrected chi connectivity index (χ3v) is 7.65. The summed E-state index contributed by atoms with van der Waals surface area (Å²) in [6.07, 6.45) is 1.28. The molecule has 0 aromatic heterocycles. The van der Waals surface area contributed by atoms with Crippen LogP contribution in [-0.4, -0.2) is 80.9 Å². The molecule has 150 valence electrons. The zero-order valence-electron chi connectivity index (χ0n) is 16.3. The van der Waals surface area contributed by atoms with Crippen LogP contribution >= 0.6 is 0 Å². The zero-order chi connectivity index (χ0) is 19.6. The number of hydrogen-bond donors (Lipinski definition) is 0. The average molecular weight is 396 g/mol. The van der Waals surface area contributed by atoms with Crippen LogP contribution in [0.1, 0.15) is 25.3 Å². The number of benzene rings is 1. The Morgan fingerprint density at radius 2 is 1.89 bits per heavy atom. The number of carbonyl (C=O) groups excluding carboxylic acids is 1. The molecule has 1 unspecified atom stereocenters. The molecule has 1 aromatic carbocycles. The van der Waals surface area contributed by atoms with Crippen LogP contribution in [0.2, 0.25) is 0 Å². The largest absolute Gasteiger partial charge is 0.497 e. The Morgan fingerprint density at radius 3 is 2.52 bits per heavy atom. The van der Waals surface area contributed by atoms with Gasteiger partial charge >= 0.3 is 0 Å². The molecule has 7 nitrogen and oxygen atoms in total. The lowest BCUT2D eigenvalue weighted by atomic mass is 10.2. The van der Waals surface area contributed by atoms with Crippen LogP contribution in [0.25, 0.3) is 0 Å². The molecule has 0 bridgehead atoms. The Hall–Kier alpha value is -1.64. The van der Waals surface area contributed by atoms with Crippen molar-refractivity contribution in [3.05, 3.63) is 23.8 Å². The lowest BCUT2D eigenvalue weighted by Crippen LogP contribution is -2.54. The van der Waals surface area contributed by atoms with Crippen molar-refractivity contribution in [2.24, 2.45) is 0 Å². The fourth-order valence-electron chi connectivity index (χ4n) is 3.88. The summed E-state index contributed by atoms with van der Waals surface area (Å²) in [6, 6.07) is 4.43. The molecule has 2 aliphatic rings. The molecule has 1 amide bonds. The molecule has 0 saturated carbocycles. The maximum Gasteiger partial charge on any atom is 0.244 e. The number of aryl methyl sites for hydroxylation is 1. The van der Waals surface area contributed by atoms with Crippen molar-refractivity contribution in [3.63, 3.8) is 0 Å². The second-order valence-corrected chi connectivity index (χ2v) is 9.02. The van der Waals surface area contributed by atoms with Gasteiger partial charge in [-0.25, -0.2) is 8.42 Å². The van der Waals surface area contributed by atoms with Crippen LogP contribution in [0.4, 0.5) is 0 Å². The van der Waals surface area contributed by atoms with Gasteiger partial charge in [-0.2, -0.15) is 4.31 Å².